The van der Waals surface area contributed by atoms with E-state index in [1.54, 1.807) is 24.3 Å². The van der Waals surface area contributed by atoms with Gasteiger partial charge in [0, 0.05) is 49.6 Å². The number of carbonyl (C=O) groups is 4. The Labute approximate surface area is 244 Å². The van der Waals surface area contributed by atoms with Crippen LogP contribution in [0.4, 0.5) is 0 Å². The van der Waals surface area contributed by atoms with Gasteiger partial charge < -0.3 is 23.7 Å². The molecule has 0 unspecified atom stereocenters. The summed E-state index contributed by atoms with van der Waals surface area (Å²) in [5.74, 6) is -3.07. The van der Waals surface area contributed by atoms with Crippen molar-refractivity contribution in [1.29, 1.82) is 0 Å². The summed E-state index contributed by atoms with van der Waals surface area (Å²) >= 11 is 0. The van der Waals surface area contributed by atoms with Gasteiger partial charge in [-0.2, -0.15) is 0 Å². The second kappa shape index (κ2) is 13.9. The van der Waals surface area contributed by atoms with Crippen molar-refractivity contribution in [3.8, 4) is 0 Å². The molecule has 43 heavy (non-hydrogen) atoms. The summed E-state index contributed by atoms with van der Waals surface area (Å²) in [6.45, 7) is -0.715. The van der Waals surface area contributed by atoms with E-state index in [1.807, 2.05) is 0 Å². The Balaban J connectivity index is 1.41. The highest BCUT2D eigenvalue weighted by molar-refractivity contribution is 5.91. The van der Waals surface area contributed by atoms with Crippen LogP contribution in [-0.4, -0.2) is 81.4 Å². The largest absolute Gasteiger partial charge is 0.458 e. The van der Waals surface area contributed by atoms with Crippen molar-refractivity contribution in [2.24, 2.45) is 0 Å². The van der Waals surface area contributed by atoms with E-state index >= 15 is 0 Å². The fraction of sp³-hybridized carbons (Fsp3) is 0.200. The normalized spacial score (nSPS) is 18.2. The van der Waals surface area contributed by atoms with Gasteiger partial charge >= 0.3 is 23.9 Å². The molecule has 13 nitrogen and oxygen atoms in total. The average Bonchev–Trinajstić information content (AvgIpc) is 3.45. The van der Waals surface area contributed by atoms with Crippen LogP contribution >= 0.6 is 0 Å². The first-order chi connectivity index (χ1) is 21.0. The van der Waals surface area contributed by atoms with E-state index < -0.39 is 54.9 Å². The molecule has 13 heteroatoms. The quantitative estimate of drug-likeness (QED) is 0.197. The molecule has 0 radical (unpaired) electrons. The Kier molecular flexibility index (Phi) is 9.34. The lowest BCUT2D eigenvalue weighted by Gasteiger charge is -2.28. The molecule has 0 saturated carbocycles. The lowest BCUT2D eigenvalue weighted by atomic mass is 10.1. The Morgan fingerprint density at radius 3 is 1.63 bits per heavy atom. The van der Waals surface area contributed by atoms with Gasteiger partial charge in [0.15, 0.2) is 18.3 Å². The van der Waals surface area contributed by atoms with Gasteiger partial charge in [0.1, 0.15) is 12.7 Å². The summed E-state index contributed by atoms with van der Waals surface area (Å²) in [4.78, 5) is 67.4. The van der Waals surface area contributed by atoms with Crippen LogP contribution in [0.5, 0.6) is 0 Å². The van der Waals surface area contributed by atoms with Crippen LogP contribution in [0.25, 0.3) is 0 Å². The predicted octanol–water partition coefficient (Wildman–Crippen LogP) is 2.50. The maximum Gasteiger partial charge on any atom is 0.340 e. The number of ether oxygens (including phenoxy) is 5. The van der Waals surface area contributed by atoms with E-state index in [0.29, 0.717) is 0 Å². The zero-order chi connectivity index (χ0) is 30.0. The average molecular weight is 585 g/mol. The summed E-state index contributed by atoms with van der Waals surface area (Å²) in [6.07, 6.45) is 6.29. The van der Waals surface area contributed by atoms with Gasteiger partial charge in [-0.15, -0.1) is 0 Å². The molecule has 1 aliphatic rings. The van der Waals surface area contributed by atoms with Crippen LogP contribution in [-0.2, 0) is 23.7 Å². The van der Waals surface area contributed by atoms with Crippen LogP contribution in [0, 0.1) is 0 Å². The molecule has 4 aromatic heterocycles. The van der Waals surface area contributed by atoms with Crippen molar-refractivity contribution in [3.63, 3.8) is 0 Å². The topological polar surface area (TPSA) is 166 Å². The summed E-state index contributed by atoms with van der Waals surface area (Å²) in [5.41, 5.74) is 0.563. The van der Waals surface area contributed by atoms with Crippen molar-refractivity contribution in [2.75, 3.05) is 13.2 Å². The first-order valence-corrected chi connectivity index (χ1v) is 13.0. The van der Waals surface area contributed by atoms with E-state index in [2.05, 4.69) is 19.9 Å². The van der Waals surface area contributed by atoms with Crippen molar-refractivity contribution in [3.05, 3.63) is 120 Å². The minimum atomic E-state index is -1.30. The van der Waals surface area contributed by atoms with E-state index in [9.17, 15) is 19.2 Å². The van der Waals surface area contributed by atoms with Gasteiger partial charge in [0.05, 0.1) is 28.9 Å². The molecule has 0 spiro atoms. The molecule has 0 N–H and O–H groups in total. The first-order valence-electron chi connectivity index (χ1n) is 13.0. The number of carbonyl (C=O) groups excluding carboxylic acids is 4. The Morgan fingerprint density at radius 2 is 1.14 bits per heavy atom. The molecule has 218 valence electrons. The highest BCUT2D eigenvalue weighted by Crippen LogP contribution is 2.28. The number of hydrogen-bond acceptors (Lipinski definition) is 13. The van der Waals surface area contributed by atoms with E-state index in [-0.39, 0.29) is 28.9 Å². The zero-order valence-electron chi connectivity index (χ0n) is 22.4. The lowest BCUT2D eigenvalue weighted by molar-refractivity contribution is -0.0883. The highest BCUT2D eigenvalue weighted by atomic mass is 16.7. The molecule has 4 aromatic rings. The van der Waals surface area contributed by atoms with Crippen molar-refractivity contribution >= 4 is 23.9 Å². The standard InChI is InChI=1S/C30H24N4O9/c35-27(19-5-1-9-31-13-19)40-18-23(41-28(36)20-6-2-10-32-14-20)25-26(43-30(38)22-8-4-12-34-16-22)24(17-39-25)42-29(37)21-7-3-11-33-15-21/h1-16,23-26H,17-18H2/t23-,24+,25-,26-/m1/s1. The Hall–Kier alpha value is -5.56. The van der Waals surface area contributed by atoms with Crippen LogP contribution in [0.3, 0.4) is 0 Å². The number of pyridine rings is 4. The number of aromatic nitrogens is 4. The molecular weight excluding hydrogens is 560 g/mol. The van der Waals surface area contributed by atoms with E-state index in [1.165, 1.54) is 73.8 Å². The molecule has 0 bridgehead atoms. The highest BCUT2D eigenvalue weighted by Gasteiger charge is 2.49. The van der Waals surface area contributed by atoms with Crippen LogP contribution < -0.4 is 0 Å². The fourth-order valence-electron chi connectivity index (χ4n) is 4.14. The molecule has 0 aliphatic carbocycles. The maximum absolute atomic E-state index is 13.1. The second-order valence-corrected chi connectivity index (χ2v) is 9.12. The summed E-state index contributed by atoms with van der Waals surface area (Å²) in [6, 6.07) is 12.2. The SMILES string of the molecule is O=C(OC[C@@H](OC(=O)c1cccnc1)[C@H]1OC[C@H](OC(=O)c2cccnc2)[C@H]1OC(=O)c1cccnc1)c1cccnc1. The summed E-state index contributed by atoms with van der Waals surface area (Å²) in [7, 11) is 0. The van der Waals surface area contributed by atoms with Gasteiger partial charge in [-0.3, -0.25) is 19.9 Å². The third-order valence-electron chi connectivity index (χ3n) is 6.24. The van der Waals surface area contributed by atoms with Crippen molar-refractivity contribution in [2.45, 2.75) is 24.4 Å². The van der Waals surface area contributed by atoms with Gasteiger partial charge in [0.2, 0.25) is 0 Å². The van der Waals surface area contributed by atoms with Gasteiger partial charge in [-0.1, -0.05) is 0 Å². The van der Waals surface area contributed by atoms with Crippen molar-refractivity contribution in [1.82, 2.24) is 19.9 Å². The second-order valence-electron chi connectivity index (χ2n) is 9.12. The molecule has 4 atom stereocenters. The van der Waals surface area contributed by atoms with Crippen LogP contribution in [0.1, 0.15) is 41.4 Å². The van der Waals surface area contributed by atoms with Crippen LogP contribution in [0.2, 0.25) is 0 Å². The Bertz CT molecular complexity index is 1540. The molecule has 1 saturated heterocycles. The number of rotatable bonds is 10. The zero-order valence-corrected chi connectivity index (χ0v) is 22.4. The number of esters is 4. The monoisotopic (exact) mass is 584 g/mol. The maximum atomic E-state index is 13.1. The minimum Gasteiger partial charge on any atom is -0.458 e. The van der Waals surface area contributed by atoms with Gasteiger partial charge in [0.25, 0.3) is 0 Å². The summed E-state index contributed by atoms with van der Waals surface area (Å²) in [5, 5.41) is 0. The number of hydrogen-bond donors (Lipinski definition) is 0. The van der Waals surface area contributed by atoms with E-state index in [0.717, 1.165) is 0 Å². The third kappa shape index (κ3) is 7.40. The van der Waals surface area contributed by atoms with Crippen LogP contribution in [0.15, 0.2) is 98.1 Å². The predicted molar refractivity (Wildman–Crippen MR) is 145 cm³/mol. The fourth-order valence-corrected chi connectivity index (χ4v) is 4.14. The lowest BCUT2D eigenvalue weighted by Crippen LogP contribution is -2.47. The minimum absolute atomic E-state index is 0.118. The molecule has 0 amide bonds. The molecule has 5 rings (SSSR count). The van der Waals surface area contributed by atoms with Gasteiger partial charge in [-0.25, -0.2) is 19.2 Å². The van der Waals surface area contributed by atoms with Gasteiger partial charge in [-0.05, 0) is 48.5 Å². The molecule has 0 aromatic carbocycles. The Morgan fingerprint density at radius 1 is 0.674 bits per heavy atom. The molecular formula is C30H24N4O9. The first kappa shape index (κ1) is 29.0. The summed E-state index contributed by atoms with van der Waals surface area (Å²) < 4.78 is 28.5. The van der Waals surface area contributed by atoms with E-state index in [4.69, 9.17) is 23.7 Å². The molecule has 1 fully saturated rings. The molecule has 5 heterocycles. The van der Waals surface area contributed by atoms with Crippen molar-refractivity contribution < 1.29 is 42.9 Å². The third-order valence-corrected chi connectivity index (χ3v) is 6.24. The smallest absolute Gasteiger partial charge is 0.340 e. The molecule has 1 aliphatic heterocycles. The number of nitrogens with zero attached hydrogens (tertiary/aromatic N) is 4.